The normalized spacial score (nSPS) is 20.8. The van der Waals surface area contributed by atoms with Gasteiger partial charge >= 0.3 is 0 Å². The monoisotopic (exact) mass is 338 g/mol. The second-order valence-electron chi connectivity index (χ2n) is 6.61. The molecule has 3 heterocycles. The van der Waals surface area contributed by atoms with Crippen molar-refractivity contribution in [1.29, 1.82) is 0 Å². The van der Waals surface area contributed by atoms with E-state index in [1.165, 1.54) is 11.1 Å². The second-order valence-corrected chi connectivity index (χ2v) is 6.61. The van der Waals surface area contributed by atoms with E-state index >= 15 is 0 Å². The van der Waals surface area contributed by atoms with Crippen molar-refractivity contribution in [3.63, 3.8) is 0 Å². The molecule has 0 spiro atoms. The summed E-state index contributed by atoms with van der Waals surface area (Å²) in [7, 11) is 0. The van der Waals surface area contributed by atoms with Crippen LogP contribution in [0.3, 0.4) is 0 Å². The Morgan fingerprint density at radius 3 is 2.72 bits per heavy atom. The Bertz CT molecular complexity index is 729. The van der Waals surface area contributed by atoms with Gasteiger partial charge in [0.05, 0.1) is 6.61 Å². The molecule has 0 aliphatic carbocycles. The van der Waals surface area contributed by atoms with Gasteiger partial charge in [-0.05, 0) is 30.0 Å². The first-order chi connectivity index (χ1) is 12.3. The fraction of sp³-hybridized carbons (Fsp3) is 0.421. The van der Waals surface area contributed by atoms with Crippen LogP contribution in [0.1, 0.15) is 24.0 Å². The minimum Gasteiger partial charge on any atom is -0.367 e. The highest BCUT2D eigenvalue weighted by Crippen LogP contribution is 2.23. The number of likely N-dealkylation sites (tertiary alicyclic amines) is 1. The maximum absolute atomic E-state index is 12.8. The quantitative estimate of drug-likeness (QED) is 0.927. The van der Waals surface area contributed by atoms with Crippen LogP contribution in [0.2, 0.25) is 0 Å². The molecule has 1 unspecified atom stereocenters. The Kier molecular flexibility index (Phi) is 4.61. The third kappa shape index (κ3) is 3.64. The van der Waals surface area contributed by atoms with Crippen molar-refractivity contribution in [2.24, 2.45) is 0 Å². The van der Waals surface area contributed by atoms with Crippen molar-refractivity contribution in [2.75, 3.05) is 18.4 Å². The molecule has 0 saturated carbocycles. The van der Waals surface area contributed by atoms with Gasteiger partial charge in [0.1, 0.15) is 18.2 Å². The van der Waals surface area contributed by atoms with Crippen LogP contribution in [0.15, 0.2) is 42.9 Å². The van der Waals surface area contributed by atoms with E-state index < -0.39 is 0 Å². The average molecular weight is 338 g/mol. The molecule has 2 aliphatic heterocycles. The molecule has 2 aliphatic rings. The van der Waals surface area contributed by atoms with Gasteiger partial charge in [0.25, 0.3) is 5.91 Å². The number of benzene rings is 1. The maximum atomic E-state index is 12.8. The minimum atomic E-state index is -0.346. The summed E-state index contributed by atoms with van der Waals surface area (Å²) in [6.07, 6.45) is 5.43. The number of carbonyl (C=O) groups is 1. The number of nitrogens with one attached hydrogen (secondary N) is 1. The van der Waals surface area contributed by atoms with Crippen molar-refractivity contribution in [3.8, 4) is 0 Å². The Labute approximate surface area is 147 Å². The highest BCUT2D eigenvalue weighted by Gasteiger charge is 2.31. The van der Waals surface area contributed by atoms with Gasteiger partial charge in [0, 0.05) is 31.7 Å². The number of hydrogen-bond acceptors (Lipinski definition) is 5. The number of nitrogens with zero attached hydrogens (tertiary/aromatic N) is 3. The number of aromatic nitrogens is 2. The Hall–Kier alpha value is -2.47. The van der Waals surface area contributed by atoms with E-state index in [1.54, 1.807) is 12.5 Å². The Balaban J connectivity index is 1.31. The van der Waals surface area contributed by atoms with E-state index in [-0.39, 0.29) is 12.0 Å². The van der Waals surface area contributed by atoms with Crippen LogP contribution in [-0.2, 0) is 22.6 Å². The fourth-order valence-corrected chi connectivity index (χ4v) is 3.54. The largest absolute Gasteiger partial charge is 0.367 e. The van der Waals surface area contributed by atoms with Gasteiger partial charge in [0.15, 0.2) is 0 Å². The van der Waals surface area contributed by atoms with E-state index in [0.29, 0.717) is 19.1 Å². The first kappa shape index (κ1) is 16.0. The molecule has 1 atom stereocenters. The molecule has 25 heavy (non-hydrogen) atoms. The van der Waals surface area contributed by atoms with Crippen molar-refractivity contribution < 1.29 is 9.53 Å². The van der Waals surface area contributed by atoms with Crippen LogP contribution in [-0.4, -0.2) is 46.0 Å². The summed E-state index contributed by atoms with van der Waals surface area (Å²) in [4.78, 5) is 22.9. The van der Waals surface area contributed by atoms with E-state index in [0.717, 1.165) is 31.7 Å². The molecule has 1 fully saturated rings. The Morgan fingerprint density at radius 2 is 1.96 bits per heavy atom. The zero-order valence-electron chi connectivity index (χ0n) is 14.1. The third-order valence-electron chi connectivity index (χ3n) is 4.98. The van der Waals surface area contributed by atoms with Crippen molar-refractivity contribution in [1.82, 2.24) is 14.9 Å². The topological polar surface area (TPSA) is 67.3 Å². The summed E-state index contributed by atoms with van der Waals surface area (Å²) in [5, 5.41) is 3.41. The number of hydrogen-bond donors (Lipinski definition) is 1. The average Bonchev–Trinajstić information content (AvgIpc) is 2.68. The lowest BCUT2D eigenvalue weighted by Crippen LogP contribution is -2.48. The van der Waals surface area contributed by atoms with Gasteiger partial charge in [-0.25, -0.2) is 9.97 Å². The molecule has 130 valence electrons. The fourth-order valence-electron chi connectivity index (χ4n) is 3.54. The molecule has 1 aromatic carbocycles. The molecule has 1 amide bonds. The molecule has 2 aromatic rings. The molecule has 1 N–H and O–H groups in total. The first-order valence-electron chi connectivity index (χ1n) is 8.79. The highest BCUT2D eigenvalue weighted by molar-refractivity contribution is 5.81. The minimum absolute atomic E-state index is 0.120. The number of piperidine rings is 1. The lowest BCUT2D eigenvalue weighted by Gasteiger charge is -2.35. The van der Waals surface area contributed by atoms with Crippen molar-refractivity contribution >= 4 is 11.7 Å². The molecule has 1 aromatic heterocycles. The van der Waals surface area contributed by atoms with E-state index in [9.17, 15) is 4.79 Å². The molecule has 1 saturated heterocycles. The van der Waals surface area contributed by atoms with Crippen molar-refractivity contribution in [3.05, 3.63) is 54.0 Å². The SMILES string of the molecule is O=C(C1Cc2ccccc2CO1)N1CCC(Nc2ccncn2)CC1. The lowest BCUT2D eigenvalue weighted by molar-refractivity contribution is -0.146. The molecule has 0 radical (unpaired) electrons. The summed E-state index contributed by atoms with van der Waals surface area (Å²) < 4.78 is 5.82. The number of rotatable bonds is 3. The molecular weight excluding hydrogens is 316 g/mol. The zero-order chi connectivity index (χ0) is 17.1. The smallest absolute Gasteiger partial charge is 0.252 e. The summed E-state index contributed by atoms with van der Waals surface area (Å²) >= 11 is 0. The van der Waals surface area contributed by atoms with Crippen LogP contribution in [0.25, 0.3) is 0 Å². The number of fused-ring (bicyclic) bond motifs is 1. The van der Waals surface area contributed by atoms with Gasteiger partial charge in [-0.3, -0.25) is 4.79 Å². The molecular formula is C19H22N4O2. The number of anilines is 1. The van der Waals surface area contributed by atoms with Crippen LogP contribution in [0.5, 0.6) is 0 Å². The predicted octanol–water partition coefficient (Wildman–Crippen LogP) is 2.02. The number of ether oxygens (including phenoxy) is 1. The van der Waals surface area contributed by atoms with E-state index in [2.05, 4.69) is 27.4 Å². The number of amides is 1. The molecule has 6 heteroatoms. The van der Waals surface area contributed by atoms with Crippen LogP contribution in [0, 0.1) is 0 Å². The van der Waals surface area contributed by atoms with Gasteiger partial charge in [-0.15, -0.1) is 0 Å². The highest BCUT2D eigenvalue weighted by atomic mass is 16.5. The van der Waals surface area contributed by atoms with Crippen LogP contribution in [0.4, 0.5) is 5.82 Å². The van der Waals surface area contributed by atoms with Crippen molar-refractivity contribution in [2.45, 2.75) is 38.0 Å². The summed E-state index contributed by atoms with van der Waals surface area (Å²) in [6.45, 7) is 2.03. The first-order valence-corrected chi connectivity index (χ1v) is 8.79. The maximum Gasteiger partial charge on any atom is 0.252 e. The van der Waals surface area contributed by atoms with Crippen LogP contribution < -0.4 is 5.32 Å². The summed E-state index contributed by atoms with van der Waals surface area (Å²) in [5.41, 5.74) is 2.42. The third-order valence-corrected chi connectivity index (χ3v) is 4.98. The van der Waals surface area contributed by atoms with E-state index in [4.69, 9.17) is 4.74 Å². The van der Waals surface area contributed by atoms with E-state index in [1.807, 2.05) is 23.1 Å². The standard InChI is InChI=1S/C19H22N4O2/c24-19(17-11-14-3-1-2-4-15(14)12-25-17)23-9-6-16(7-10-23)22-18-5-8-20-13-21-18/h1-5,8,13,16-17H,6-7,9-12H2,(H,20,21,22). The van der Waals surface area contributed by atoms with Gasteiger partial charge < -0.3 is 15.0 Å². The summed E-state index contributed by atoms with van der Waals surface area (Å²) in [5.74, 6) is 0.960. The second kappa shape index (κ2) is 7.19. The molecule has 6 nitrogen and oxygen atoms in total. The molecule has 4 rings (SSSR count). The summed E-state index contributed by atoms with van der Waals surface area (Å²) in [6, 6.07) is 10.4. The van der Waals surface area contributed by atoms with Gasteiger partial charge in [-0.1, -0.05) is 24.3 Å². The van der Waals surface area contributed by atoms with Crippen LogP contribution >= 0.6 is 0 Å². The predicted molar refractivity (Wildman–Crippen MR) is 94.0 cm³/mol. The number of carbonyl (C=O) groups excluding carboxylic acids is 1. The Morgan fingerprint density at radius 1 is 1.16 bits per heavy atom. The van der Waals surface area contributed by atoms with Gasteiger partial charge in [0.2, 0.25) is 0 Å². The molecule has 0 bridgehead atoms. The van der Waals surface area contributed by atoms with Gasteiger partial charge in [-0.2, -0.15) is 0 Å². The lowest BCUT2D eigenvalue weighted by atomic mass is 9.97. The zero-order valence-corrected chi connectivity index (χ0v) is 14.1.